The van der Waals surface area contributed by atoms with Crippen LogP contribution in [-0.2, 0) is 0 Å². The van der Waals surface area contributed by atoms with Crippen LogP contribution in [0.25, 0.3) is 0 Å². The molecular formula is C9H22N2. The first-order valence-corrected chi connectivity index (χ1v) is 4.78. The second-order valence-electron chi connectivity index (χ2n) is 3.19. The molecule has 0 saturated heterocycles. The van der Waals surface area contributed by atoms with Gasteiger partial charge in [-0.25, -0.2) is 0 Å². The molecule has 0 aliphatic rings. The smallest absolute Gasteiger partial charge is 0.01000 e. The van der Waals surface area contributed by atoms with Crippen molar-refractivity contribution in [3.05, 3.63) is 0 Å². The molecule has 0 aliphatic heterocycles. The molecule has 0 rings (SSSR count). The molecule has 11 heavy (non-hydrogen) atoms. The van der Waals surface area contributed by atoms with Gasteiger partial charge in [-0.3, -0.25) is 11.3 Å². The molecule has 0 amide bonds. The Labute approximate surface area is 70.5 Å². The zero-order chi connectivity index (χ0) is 8.53. The number of hydrazine groups is 1. The van der Waals surface area contributed by atoms with Gasteiger partial charge in [-0.1, -0.05) is 39.5 Å². The van der Waals surface area contributed by atoms with Gasteiger partial charge in [-0.2, -0.15) is 0 Å². The molecule has 68 valence electrons. The normalized spacial score (nSPS) is 10.9. The van der Waals surface area contributed by atoms with Crippen molar-refractivity contribution in [3.8, 4) is 0 Å². The summed E-state index contributed by atoms with van der Waals surface area (Å²) in [6.45, 7) is 5.46. The lowest BCUT2D eigenvalue weighted by Crippen LogP contribution is -2.24. The van der Waals surface area contributed by atoms with Crippen LogP contribution in [0.3, 0.4) is 0 Å². The molecule has 2 nitrogen and oxygen atoms in total. The Hall–Kier alpha value is -0.0800. The highest BCUT2D eigenvalue weighted by Crippen LogP contribution is 2.16. The maximum Gasteiger partial charge on any atom is 0.01000 e. The van der Waals surface area contributed by atoms with Gasteiger partial charge in [0.15, 0.2) is 0 Å². The zero-order valence-corrected chi connectivity index (χ0v) is 7.90. The van der Waals surface area contributed by atoms with E-state index in [1.54, 1.807) is 0 Å². The van der Waals surface area contributed by atoms with Crippen LogP contribution in [0.1, 0.15) is 46.0 Å². The molecule has 0 bridgehead atoms. The predicted octanol–water partition coefficient (Wildman–Crippen LogP) is 2.06. The SMILES string of the molecule is CCCC(CCC)CCNN. The molecule has 0 unspecified atom stereocenters. The Balaban J connectivity index is 3.34. The molecule has 2 heteroatoms. The van der Waals surface area contributed by atoms with E-state index in [4.69, 9.17) is 5.84 Å². The standard InChI is InChI=1S/C9H22N2/c1-3-5-9(6-4-2)7-8-11-10/h9,11H,3-8,10H2,1-2H3. The summed E-state index contributed by atoms with van der Waals surface area (Å²) in [7, 11) is 0. The fourth-order valence-electron chi connectivity index (χ4n) is 1.54. The second kappa shape index (κ2) is 8.02. The van der Waals surface area contributed by atoms with Crippen molar-refractivity contribution >= 4 is 0 Å². The minimum Gasteiger partial charge on any atom is -0.271 e. The summed E-state index contributed by atoms with van der Waals surface area (Å²) in [4.78, 5) is 0. The van der Waals surface area contributed by atoms with Gasteiger partial charge in [-0.05, 0) is 12.3 Å². The van der Waals surface area contributed by atoms with Crippen molar-refractivity contribution in [3.63, 3.8) is 0 Å². The largest absolute Gasteiger partial charge is 0.271 e. The maximum atomic E-state index is 5.22. The number of hydrogen-bond acceptors (Lipinski definition) is 2. The topological polar surface area (TPSA) is 38.0 Å². The van der Waals surface area contributed by atoms with Gasteiger partial charge in [0.1, 0.15) is 0 Å². The third-order valence-corrected chi connectivity index (χ3v) is 2.09. The van der Waals surface area contributed by atoms with Gasteiger partial charge in [-0.15, -0.1) is 0 Å². The van der Waals surface area contributed by atoms with E-state index in [-0.39, 0.29) is 0 Å². The average Bonchev–Trinajstić information content (AvgIpc) is 2.01. The highest BCUT2D eigenvalue weighted by atomic mass is 15.2. The van der Waals surface area contributed by atoms with E-state index in [0.717, 1.165) is 12.5 Å². The summed E-state index contributed by atoms with van der Waals surface area (Å²) in [5.41, 5.74) is 2.71. The lowest BCUT2D eigenvalue weighted by Gasteiger charge is -2.13. The Morgan fingerprint density at radius 1 is 1.09 bits per heavy atom. The summed E-state index contributed by atoms with van der Waals surface area (Å²) in [5.74, 6) is 6.11. The predicted molar refractivity (Wildman–Crippen MR) is 50.1 cm³/mol. The Bertz CT molecular complexity index is 68.0. The van der Waals surface area contributed by atoms with Crippen molar-refractivity contribution in [2.75, 3.05) is 6.54 Å². The Morgan fingerprint density at radius 2 is 1.64 bits per heavy atom. The lowest BCUT2D eigenvalue weighted by atomic mass is 9.95. The first-order valence-electron chi connectivity index (χ1n) is 4.78. The van der Waals surface area contributed by atoms with E-state index in [1.165, 1.54) is 32.1 Å². The molecule has 0 aliphatic carbocycles. The van der Waals surface area contributed by atoms with E-state index in [2.05, 4.69) is 19.3 Å². The summed E-state index contributed by atoms with van der Waals surface area (Å²) in [6, 6.07) is 0. The molecule has 0 atom stereocenters. The molecule has 0 radical (unpaired) electrons. The highest BCUT2D eigenvalue weighted by Gasteiger charge is 2.04. The molecule has 0 aromatic heterocycles. The Kier molecular flexibility index (Phi) is 7.96. The van der Waals surface area contributed by atoms with Crippen LogP contribution in [0.2, 0.25) is 0 Å². The molecular weight excluding hydrogens is 136 g/mol. The molecule has 0 fully saturated rings. The van der Waals surface area contributed by atoms with Crippen molar-refractivity contribution in [1.29, 1.82) is 0 Å². The second-order valence-corrected chi connectivity index (χ2v) is 3.19. The van der Waals surface area contributed by atoms with Crippen molar-refractivity contribution in [1.82, 2.24) is 5.43 Å². The number of nitrogens with two attached hydrogens (primary N) is 1. The minimum absolute atomic E-state index is 0.890. The monoisotopic (exact) mass is 158 g/mol. The summed E-state index contributed by atoms with van der Waals surface area (Å²) >= 11 is 0. The quantitative estimate of drug-likeness (QED) is 0.439. The van der Waals surface area contributed by atoms with Crippen LogP contribution in [0, 0.1) is 5.92 Å². The molecule has 3 N–H and O–H groups in total. The van der Waals surface area contributed by atoms with Gasteiger partial charge >= 0.3 is 0 Å². The number of rotatable bonds is 7. The van der Waals surface area contributed by atoms with Crippen LogP contribution in [0.5, 0.6) is 0 Å². The number of hydrogen-bond donors (Lipinski definition) is 2. The zero-order valence-electron chi connectivity index (χ0n) is 7.90. The molecule has 0 aromatic carbocycles. The van der Waals surface area contributed by atoms with E-state index in [0.29, 0.717) is 0 Å². The fourth-order valence-corrected chi connectivity index (χ4v) is 1.54. The van der Waals surface area contributed by atoms with Gasteiger partial charge in [0.2, 0.25) is 0 Å². The summed E-state index contributed by atoms with van der Waals surface area (Å²) < 4.78 is 0. The average molecular weight is 158 g/mol. The van der Waals surface area contributed by atoms with Crippen molar-refractivity contribution < 1.29 is 0 Å². The van der Waals surface area contributed by atoms with Crippen molar-refractivity contribution in [2.45, 2.75) is 46.0 Å². The van der Waals surface area contributed by atoms with Gasteiger partial charge in [0, 0.05) is 6.54 Å². The highest BCUT2D eigenvalue weighted by molar-refractivity contribution is 4.58. The van der Waals surface area contributed by atoms with E-state index >= 15 is 0 Å². The third-order valence-electron chi connectivity index (χ3n) is 2.09. The molecule has 0 spiro atoms. The molecule has 0 heterocycles. The maximum absolute atomic E-state index is 5.22. The number of nitrogens with one attached hydrogen (secondary N) is 1. The first kappa shape index (κ1) is 10.9. The van der Waals surface area contributed by atoms with Gasteiger partial charge in [0.25, 0.3) is 0 Å². The van der Waals surface area contributed by atoms with Crippen LogP contribution < -0.4 is 11.3 Å². The van der Waals surface area contributed by atoms with E-state index < -0.39 is 0 Å². The fraction of sp³-hybridized carbons (Fsp3) is 1.00. The van der Waals surface area contributed by atoms with Crippen LogP contribution in [0.4, 0.5) is 0 Å². The minimum atomic E-state index is 0.890. The van der Waals surface area contributed by atoms with Crippen LogP contribution in [-0.4, -0.2) is 6.54 Å². The summed E-state index contributed by atoms with van der Waals surface area (Å²) in [5, 5.41) is 0. The van der Waals surface area contributed by atoms with Gasteiger partial charge < -0.3 is 0 Å². The Morgan fingerprint density at radius 3 is 2.00 bits per heavy atom. The lowest BCUT2D eigenvalue weighted by molar-refractivity contribution is 0.402. The third kappa shape index (κ3) is 6.32. The molecule has 0 aromatic rings. The van der Waals surface area contributed by atoms with Crippen LogP contribution in [0.15, 0.2) is 0 Å². The van der Waals surface area contributed by atoms with Crippen molar-refractivity contribution in [2.24, 2.45) is 11.8 Å². The van der Waals surface area contributed by atoms with Gasteiger partial charge in [0.05, 0.1) is 0 Å². The van der Waals surface area contributed by atoms with E-state index in [1.807, 2.05) is 0 Å². The van der Waals surface area contributed by atoms with E-state index in [9.17, 15) is 0 Å². The first-order chi connectivity index (χ1) is 5.35. The summed E-state index contributed by atoms with van der Waals surface area (Å²) in [6.07, 6.45) is 6.55. The van der Waals surface area contributed by atoms with Crippen LogP contribution >= 0.6 is 0 Å². The molecule has 0 saturated carbocycles.